The van der Waals surface area contributed by atoms with E-state index in [1.54, 1.807) is 7.11 Å². The predicted molar refractivity (Wildman–Crippen MR) is 50.6 cm³/mol. The molecule has 1 heterocycles. The van der Waals surface area contributed by atoms with E-state index in [4.69, 9.17) is 4.74 Å². The summed E-state index contributed by atoms with van der Waals surface area (Å²) in [7, 11) is 1.66. The van der Waals surface area contributed by atoms with E-state index in [1.165, 1.54) is 0 Å². The molecule has 1 saturated heterocycles. The number of carbonyl (C=O) groups excluding carboxylic acids is 1. The molecule has 0 atom stereocenters. The van der Waals surface area contributed by atoms with Gasteiger partial charge in [-0.1, -0.05) is 0 Å². The van der Waals surface area contributed by atoms with Gasteiger partial charge in [0.1, 0.15) is 0 Å². The lowest BCUT2D eigenvalue weighted by atomic mass is 10.2. The quantitative estimate of drug-likeness (QED) is 0.666. The number of nitrogens with zero attached hydrogens (tertiary/aromatic N) is 1. The molecule has 1 fully saturated rings. The maximum absolute atomic E-state index is 11.5. The van der Waals surface area contributed by atoms with Gasteiger partial charge in [0.25, 0.3) is 0 Å². The molecule has 1 aliphatic rings. The Morgan fingerprint density at radius 1 is 1.54 bits per heavy atom. The Hall–Kier alpha value is -0.610. The molecule has 0 aromatic heterocycles. The fraction of sp³-hybridized carbons (Fsp3) is 0.889. The number of methoxy groups -OCH3 is 1. The maximum atomic E-state index is 11.5. The largest absolute Gasteiger partial charge is 0.383 e. The third-order valence-electron chi connectivity index (χ3n) is 2.22. The standard InChI is InChI=1S/C9H18N2O2/c1-13-8-7-11-6-2-4-10-5-3-9(11)12/h10H,2-8H2,1H3. The van der Waals surface area contributed by atoms with Gasteiger partial charge in [-0.15, -0.1) is 0 Å². The molecule has 0 radical (unpaired) electrons. The summed E-state index contributed by atoms with van der Waals surface area (Å²) in [6.07, 6.45) is 1.65. The summed E-state index contributed by atoms with van der Waals surface area (Å²) < 4.78 is 4.96. The van der Waals surface area contributed by atoms with Crippen LogP contribution in [0.5, 0.6) is 0 Å². The minimum atomic E-state index is 0.240. The topological polar surface area (TPSA) is 41.6 Å². The lowest BCUT2D eigenvalue weighted by molar-refractivity contribution is -0.132. The van der Waals surface area contributed by atoms with Crippen LogP contribution >= 0.6 is 0 Å². The molecule has 1 rings (SSSR count). The van der Waals surface area contributed by atoms with Crippen LogP contribution in [0.15, 0.2) is 0 Å². The van der Waals surface area contributed by atoms with Gasteiger partial charge < -0.3 is 15.0 Å². The molecule has 0 aliphatic carbocycles. The van der Waals surface area contributed by atoms with Crippen molar-refractivity contribution >= 4 is 5.91 Å². The first-order chi connectivity index (χ1) is 6.34. The zero-order valence-electron chi connectivity index (χ0n) is 8.21. The Kier molecular flexibility index (Phi) is 4.78. The van der Waals surface area contributed by atoms with E-state index in [-0.39, 0.29) is 5.91 Å². The molecular weight excluding hydrogens is 168 g/mol. The molecule has 4 nitrogen and oxygen atoms in total. The van der Waals surface area contributed by atoms with Gasteiger partial charge in [0.2, 0.25) is 5.91 Å². The zero-order chi connectivity index (χ0) is 9.52. The minimum Gasteiger partial charge on any atom is -0.383 e. The van der Waals surface area contributed by atoms with E-state index < -0.39 is 0 Å². The third kappa shape index (κ3) is 3.74. The lowest BCUT2D eigenvalue weighted by Crippen LogP contribution is -2.39. The van der Waals surface area contributed by atoms with Crippen molar-refractivity contribution in [2.75, 3.05) is 39.9 Å². The summed E-state index contributed by atoms with van der Waals surface area (Å²) in [6, 6.07) is 0. The minimum absolute atomic E-state index is 0.240. The Bertz CT molecular complexity index is 160. The molecule has 0 aromatic carbocycles. The molecule has 1 N–H and O–H groups in total. The van der Waals surface area contributed by atoms with Crippen molar-refractivity contribution in [3.63, 3.8) is 0 Å². The highest BCUT2D eigenvalue weighted by Crippen LogP contribution is 1.98. The number of hydrogen-bond donors (Lipinski definition) is 1. The second-order valence-corrected chi connectivity index (χ2v) is 3.23. The van der Waals surface area contributed by atoms with Crippen molar-refractivity contribution in [3.8, 4) is 0 Å². The Morgan fingerprint density at radius 2 is 2.38 bits per heavy atom. The van der Waals surface area contributed by atoms with Crippen LogP contribution < -0.4 is 5.32 Å². The average molecular weight is 186 g/mol. The van der Waals surface area contributed by atoms with Crippen molar-refractivity contribution in [2.24, 2.45) is 0 Å². The monoisotopic (exact) mass is 186 g/mol. The number of nitrogens with one attached hydrogen (secondary N) is 1. The zero-order valence-corrected chi connectivity index (χ0v) is 8.21. The summed E-state index contributed by atoms with van der Waals surface area (Å²) in [5.74, 6) is 0.240. The van der Waals surface area contributed by atoms with Gasteiger partial charge in [-0.2, -0.15) is 0 Å². The smallest absolute Gasteiger partial charge is 0.223 e. The van der Waals surface area contributed by atoms with Crippen LogP contribution in [0.3, 0.4) is 0 Å². The summed E-state index contributed by atoms with van der Waals surface area (Å²) in [4.78, 5) is 13.4. The first kappa shape index (κ1) is 10.5. The van der Waals surface area contributed by atoms with E-state index in [9.17, 15) is 4.79 Å². The molecule has 4 heteroatoms. The van der Waals surface area contributed by atoms with Crippen LogP contribution in [-0.2, 0) is 9.53 Å². The molecule has 0 saturated carbocycles. The van der Waals surface area contributed by atoms with Crippen LogP contribution in [0.2, 0.25) is 0 Å². The van der Waals surface area contributed by atoms with E-state index in [0.717, 1.165) is 32.6 Å². The lowest BCUT2D eigenvalue weighted by Gasteiger charge is -2.24. The van der Waals surface area contributed by atoms with Crippen molar-refractivity contribution in [3.05, 3.63) is 0 Å². The van der Waals surface area contributed by atoms with Crippen LogP contribution in [0.25, 0.3) is 0 Å². The molecule has 0 bridgehead atoms. The first-order valence-electron chi connectivity index (χ1n) is 4.82. The van der Waals surface area contributed by atoms with Crippen LogP contribution in [0.1, 0.15) is 12.8 Å². The van der Waals surface area contributed by atoms with Crippen molar-refractivity contribution in [1.82, 2.24) is 10.2 Å². The van der Waals surface area contributed by atoms with Gasteiger partial charge in [0, 0.05) is 33.2 Å². The SMILES string of the molecule is COCCN1CCCNCCC1=O. The number of amides is 1. The molecule has 0 unspecified atom stereocenters. The van der Waals surface area contributed by atoms with E-state index in [1.807, 2.05) is 4.90 Å². The summed E-state index contributed by atoms with van der Waals surface area (Å²) in [5, 5.41) is 3.22. The van der Waals surface area contributed by atoms with Crippen LogP contribution in [0, 0.1) is 0 Å². The van der Waals surface area contributed by atoms with Crippen molar-refractivity contribution in [1.29, 1.82) is 0 Å². The van der Waals surface area contributed by atoms with E-state index in [2.05, 4.69) is 5.32 Å². The number of rotatable bonds is 3. The average Bonchev–Trinajstić information content (AvgIpc) is 2.11. The predicted octanol–water partition coefficient (Wildman–Crippen LogP) is -0.155. The van der Waals surface area contributed by atoms with Crippen molar-refractivity contribution < 1.29 is 9.53 Å². The normalized spacial score (nSPS) is 19.8. The van der Waals surface area contributed by atoms with Crippen LogP contribution in [0.4, 0.5) is 0 Å². The van der Waals surface area contributed by atoms with Gasteiger partial charge in [-0.3, -0.25) is 4.79 Å². The number of carbonyl (C=O) groups is 1. The summed E-state index contributed by atoms with van der Waals surface area (Å²) in [6.45, 7) is 4.04. The second-order valence-electron chi connectivity index (χ2n) is 3.23. The summed E-state index contributed by atoms with van der Waals surface area (Å²) in [5.41, 5.74) is 0. The summed E-state index contributed by atoms with van der Waals surface area (Å²) >= 11 is 0. The molecule has 76 valence electrons. The fourth-order valence-corrected chi connectivity index (χ4v) is 1.44. The molecule has 0 aromatic rings. The number of ether oxygens (including phenoxy) is 1. The van der Waals surface area contributed by atoms with E-state index in [0.29, 0.717) is 13.0 Å². The van der Waals surface area contributed by atoms with Gasteiger partial charge in [-0.25, -0.2) is 0 Å². The van der Waals surface area contributed by atoms with Gasteiger partial charge in [0.05, 0.1) is 6.61 Å². The van der Waals surface area contributed by atoms with Gasteiger partial charge >= 0.3 is 0 Å². The highest BCUT2D eigenvalue weighted by Gasteiger charge is 2.13. The Balaban J connectivity index is 2.32. The number of hydrogen-bond acceptors (Lipinski definition) is 3. The Morgan fingerprint density at radius 3 is 3.15 bits per heavy atom. The molecule has 1 amide bonds. The van der Waals surface area contributed by atoms with Gasteiger partial charge in [0.15, 0.2) is 0 Å². The molecular formula is C9H18N2O2. The van der Waals surface area contributed by atoms with Crippen LogP contribution in [-0.4, -0.2) is 50.7 Å². The van der Waals surface area contributed by atoms with E-state index >= 15 is 0 Å². The highest BCUT2D eigenvalue weighted by molar-refractivity contribution is 5.76. The second kappa shape index (κ2) is 5.94. The highest BCUT2D eigenvalue weighted by atomic mass is 16.5. The van der Waals surface area contributed by atoms with Crippen molar-refractivity contribution in [2.45, 2.75) is 12.8 Å². The first-order valence-corrected chi connectivity index (χ1v) is 4.82. The molecule has 1 aliphatic heterocycles. The van der Waals surface area contributed by atoms with Gasteiger partial charge in [-0.05, 0) is 13.0 Å². The molecule has 0 spiro atoms. The third-order valence-corrected chi connectivity index (χ3v) is 2.22. The maximum Gasteiger partial charge on any atom is 0.223 e. The fourth-order valence-electron chi connectivity index (χ4n) is 1.44. The Labute approximate surface area is 79.2 Å². The molecule has 13 heavy (non-hydrogen) atoms.